The summed E-state index contributed by atoms with van der Waals surface area (Å²) in [5.41, 5.74) is 2.11. The standard InChI is InChI=1S/C26H30FN5O2S/c1-2-23-24(35(33,34)25(12-28-23)17-6-4-3-5-7-17)10-18-8-9-19(11-22(18)27)31-13-20-21(14-31)26(20)32-15-29-30-16-32/h3-9,11,15-16,20-21,23-26,28H,2,10,12-14H2,1H3/t20-,21+,23-,24?,25+,26?/m0/s1. The van der Waals surface area contributed by atoms with E-state index in [-0.39, 0.29) is 18.3 Å². The Hall–Kier alpha value is -2.78. The topological polar surface area (TPSA) is 80.1 Å². The first-order valence-electron chi connectivity index (χ1n) is 12.4. The van der Waals surface area contributed by atoms with Crippen molar-refractivity contribution in [2.24, 2.45) is 11.8 Å². The lowest BCUT2D eigenvalue weighted by Gasteiger charge is -2.37. The van der Waals surface area contributed by atoms with Crippen LogP contribution in [0, 0.1) is 17.7 Å². The summed E-state index contributed by atoms with van der Waals surface area (Å²) < 4.78 is 44.7. The Kier molecular flexibility index (Phi) is 5.64. The predicted molar refractivity (Wildman–Crippen MR) is 132 cm³/mol. The van der Waals surface area contributed by atoms with Crippen molar-refractivity contribution in [3.63, 3.8) is 0 Å². The summed E-state index contributed by atoms with van der Waals surface area (Å²) in [4.78, 5) is 2.22. The molecule has 3 aromatic rings. The van der Waals surface area contributed by atoms with Gasteiger partial charge in [0.05, 0.1) is 10.5 Å². The van der Waals surface area contributed by atoms with Crippen molar-refractivity contribution < 1.29 is 12.8 Å². The minimum atomic E-state index is -3.50. The fourth-order valence-corrected chi connectivity index (χ4v) is 8.66. The number of nitrogens with zero attached hydrogens (tertiary/aromatic N) is 4. The number of rotatable bonds is 6. The van der Waals surface area contributed by atoms with Gasteiger partial charge in [0.2, 0.25) is 0 Å². The van der Waals surface area contributed by atoms with Crippen LogP contribution in [0.2, 0.25) is 0 Å². The van der Waals surface area contributed by atoms with Crippen LogP contribution in [0.3, 0.4) is 0 Å². The molecule has 184 valence electrons. The molecule has 1 aliphatic carbocycles. The molecule has 0 bridgehead atoms. The molecule has 6 atom stereocenters. The molecule has 6 rings (SSSR count). The maximum absolute atomic E-state index is 15.3. The number of halogens is 1. The lowest BCUT2D eigenvalue weighted by molar-refractivity contribution is 0.418. The molecule has 7 nitrogen and oxygen atoms in total. The molecule has 3 aliphatic rings. The highest BCUT2D eigenvalue weighted by Gasteiger charge is 2.57. The highest BCUT2D eigenvalue weighted by molar-refractivity contribution is 7.92. The van der Waals surface area contributed by atoms with Gasteiger partial charge in [-0.2, -0.15) is 0 Å². The second kappa shape index (κ2) is 8.71. The molecule has 1 aromatic heterocycles. The third-order valence-electron chi connectivity index (χ3n) is 8.20. The molecule has 2 aliphatic heterocycles. The largest absolute Gasteiger partial charge is 0.371 e. The van der Waals surface area contributed by atoms with E-state index < -0.39 is 20.3 Å². The lowest BCUT2D eigenvalue weighted by atomic mass is 10.0. The first-order valence-corrected chi connectivity index (χ1v) is 14.0. The van der Waals surface area contributed by atoms with E-state index >= 15 is 4.39 Å². The van der Waals surface area contributed by atoms with Gasteiger partial charge in [-0.3, -0.25) is 0 Å². The molecule has 2 aromatic carbocycles. The normalized spacial score (nSPS) is 31.3. The molecule has 0 amide bonds. The molecule has 9 heteroatoms. The third-order valence-corrected chi connectivity index (χ3v) is 10.8. The zero-order chi connectivity index (χ0) is 24.2. The number of hydrogen-bond donors (Lipinski definition) is 1. The first kappa shape index (κ1) is 22.7. The van der Waals surface area contributed by atoms with Crippen molar-refractivity contribution >= 4 is 15.5 Å². The van der Waals surface area contributed by atoms with Crippen LogP contribution < -0.4 is 10.2 Å². The molecular formula is C26H30FN5O2S. The zero-order valence-corrected chi connectivity index (χ0v) is 20.5. The van der Waals surface area contributed by atoms with Crippen LogP contribution >= 0.6 is 0 Å². The van der Waals surface area contributed by atoms with Gasteiger partial charge in [-0.15, -0.1) is 10.2 Å². The Labute approximate surface area is 205 Å². The summed E-state index contributed by atoms with van der Waals surface area (Å²) in [7, 11) is -3.50. The van der Waals surface area contributed by atoms with Gasteiger partial charge < -0.3 is 14.8 Å². The van der Waals surface area contributed by atoms with E-state index in [1.807, 2.05) is 43.3 Å². The maximum Gasteiger partial charge on any atom is 0.163 e. The van der Waals surface area contributed by atoms with E-state index in [1.54, 1.807) is 24.8 Å². The summed E-state index contributed by atoms with van der Waals surface area (Å²) in [6, 6.07) is 14.9. The first-order chi connectivity index (χ1) is 17.0. The van der Waals surface area contributed by atoms with Gasteiger partial charge in [0, 0.05) is 49.2 Å². The minimum absolute atomic E-state index is 0.171. The SMILES string of the molecule is CC[C@@H]1NC[C@H](c2ccccc2)S(=O)(=O)C1Cc1ccc(N2C[C@@H]3C(n4cnnc4)[C@@H]3C2)cc1F. The number of benzene rings is 2. The van der Waals surface area contributed by atoms with Crippen molar-refractivity contribution in [2.75, 3.05) is 24.5 Å². The Morgan fingerprint density at radius 2 is 1.77 bits per heavy atom. The van der Waals surface area contributed by atoms with Crippen molar-refractivity contribution in [1.29, 1.82) is 0 Å². The van der Waals surface area contributed by atoms with Gasteiger partial charge in [0.15, 0.2) is 9.84 Å². The number of fused-ring (bicyclic) bond motifs is 1. The average molecular weight is 496 g/mol. The van der Waals surface area contributed by atoms with Gasteiger partial charge in [-0.25, -0.2) is 12.8 Å². The number of hydrogen-bond acceptors (Lipinski definition) is 6. The molecule has 1 N–H and O–H groups in total. The highest BCUT2D eigenvalue weighted by atomic mass is 32.2. The second-order valence-electron chi connectivity index (χ2n) is 10.1. The van der Waals surface area contributed by atoms with Crippen molar-refractivity contribution in [1.82, 2.24) is 20.1 Å². The van der Waals surface area contributed by atoms with Gasteiger partial charge >= 0.3 is 0 Å². The van der Waals surface area contributed by atoms with Crippen molar-refractivity contribution in [3.8, 4) is 0 Å². The molecule has 35 heavy (non-hydrogen) atoms. The van der Waals surface area contributed by atoms with E-state index in [9.17, 15) is 8.42 Å². The molecule has 3 fully saturated rings. The molecule has 2 saturated heterocycles. The zero-order valence-electron chi connectivity index (χ0n) is 19.7. The summed E-state index contributed by atoms with van der Waals surface area (Å²) in [6.07, 6.45) is 4.38. The fourth-order valence-electron chi connectivity index (χ4n) is 6.21. The summed E-state index contributed by atoms with van der Waals surface area (Å²) in [5.74, 6) is 0.741. The summed E-state index contributed by atoms with van der Waals surface area (Å²) >= 11 is 0. The highest BCUT2D eigenvalue weighted by Crippen LogP contribution is 2.55. The van der Waals surface area contributed by atoms with Crippen LogP contribution in [-0.4, -0.2) is 54.1 Å². The molecule has 0 spiro atoms. The smallest absolute Gasteiger partial charge is 0.163 e. The maximum atomic E-state index is 15.3. The third kappa shape index (κ3) is 3.94. The van der Waals surface area contributed by atoms with Crippen LogP contribution in [0.1, 0.15) is 35.8 Å². The van der Waals surface area contributed by atoms with Crippen molar-refractivity contribution in [3.05, 3.63) is 78.1 Å². The minimum Gasteiger partial charge on any atom is -0.371 e. The number of piperidine rings is 1. The quantitative estimate of drug-likeness (QED) is 0.566. The van der Waals surface area contributed by atoms with E-state index in [0.29, 0.717) is 36.4 Å². The van der Waals surface area contributed by atoms with Crippen LogP contribution in [0.5, 0.6) is 0 Å². The average Bonchev–Trinajstić information content (AvgIpc) is 3.24. The van der Waals surface area contributed by atoms with Gasteiger partial charge in [-0.1, -0.05) is 43.3 Å². The van der Waals surface area contributed by atoms with Crippen LogP contribution in [-0.2, 0) is 16.3 Å². The number of anilines is 1. The Balaban J connectivity index is 1.19. The Bertz CT molecular complexity index is 1290. The fraction of sp³-hybridized carbons (Fsp3) is 0.462. The van der Waals surface area contributed by atoms with E-state index in [0.717, 1.165) is 24.3 Å². The van der Waals surface area contributed by atoms with Crippen molar-refractivity contribution in [2.45, 2.75) is 42.3 Å². The number of sulfone groups is 1. The molecule has 3 heterocycles. The molecule has 0 radical (unpaired) electrons. The summed E-state index contributed by atoms with van der Waals surface area (Å²) in [6.45, 7) is 4.12. The van der Waals surface area contributed by atoms with E-state index in [1.165, 1.54) is 0 Å². The van der Waals surface area contributed by atoms with Gasteiger partial charge in [0.25, 0.3) is 0 Å². The monoisotopic (exact) mass is 495 g/mol. The van der Waals surface area contributed by atoms with E-state index in [2.05, 4.69) is 25.0 Å². The van der Waals surface area contributed by atoms with Gasteiger partial charge in [-0.05, 0) is 36.1 Å². The lowest BCUT2D eigenvalue weighted by Crippen LogP contribution is -2.54. The molecular weight excluding hydrogens is 465 g/mol. The molecule has 2 unspecified atom stereocenters. The van der Waals surface area contributed by atoms with E-state index in [4.69, 9.17) is 0 Å². The van der Waals surface area contributed by atoms with Crippen LogP contribution in [0.4, 0.5) is 10.1 Å². The Morgan fingerprint density at radius 3 is 2.43 bits per heavy atom. The summed E-state index contributed by atoms with van der Waals surface area (Å²) in [5, 5.41) is 9.94. The second-order valence-corrected chi connectivity index (χ2v) is 12.4. The number of nitrogens with one attached hydrogen (secondary N) is 1. The molecule has 1 saturated carbocycles. The van der Waals surface area contributed by atoms with Gasteiger partial charge in [0.1, 0.15) is 18.5 Å². The van der Waals surface area contributed by atoms with Crippen LogP contribution in [0.25, 0.3) is 0 Å². The predicted octanol–water partition coefficient (Wildman–Crippen LogP) is 3.17. The Morgan fingerprint density at radius 1 is 1.06 bits per heavy atom. The number of aromatic nitrogens is 3. The van der Waals surface area contributed by atoms with Crippen LogP contribution in [0.15, 0.2) is 61.2 Å².